The average Bonchev–Trinajstić information content (AvgIpc) is 2.23. The third-order valence-corrected chi connectivity index (χ3v) is 4.26. The highest BCUT2D eigenvalue weighted by molar-refractivity contribution is 5.37. The predicted molar refractivity (Wildman–Crippen MR) is 64.9 cm³/mol. The fraction of sp³-hybridized carbons (Fsp3) is 0.846. The van der Waals surface area contributed by atoms with Gasteiger partial charge in [0.2, 0.25) is 12.2 Å². The minimum absolute atomic E-state index is 0.246. The smallest absolute Gasteiger partial charge is 0.211 e. The van der Waals surface area contributed by atoms with Gasteiger partial charge in [0.25, 0.3) is 0 Å². The first-order chi connectivity index (χ1) is 7.85. The summed E-state index contributed by atoms with van der Waals surface area (Å²) in [4.78, 5) is 28.2. The van der Waals surface area contributed by atoms with Crippen molar-refractivity contribution in [1.29, 1.82) is 0 Å². The van der Waals surface area contributed by atoms with Gasteiger partial charge in [-0.3, -0.25) is 0 Å². The molecule has 1 fully saturated rings. The summed E-state index contributed by atoms with van der Waals surface area (Å²) in [6.07, 6.45) is 5.40. The number of aliphatic imine (C=N–C) groups is 2. The lowest BCUT2D eigenvalue weighted by atomic mass is 9.59. The molecule has 0 radical (unpaired) electrons. The van der Waals surface area contributed by atoms with Crippen LogP contribution >= 0.6 is 0 Å². The number of nitrogens with zero attached hydrogens (tertiary/aromatic N) is 2. The van der Waals surface area contributed by atoms with E-state index in [1.807, 2.05) is 6.92 Å². The van der Waals surface area contributed by atoms with Gasteiger partial charge >= 0.3 is 0 Å². The first kappa shape index (κ1) is 13.8. The van der Waals surface area contributed by atoms with Crippen LogP contribution in [0, 0.1) is 16.7 Å². The highest BCUT2D eigenvalue weighted by Gasteiger charge is 2.45. The van der Waals surface area contributed by atoms with Crippen molar-refractivity contribution in [3.63, 3.8) is 0 Å². The molecule has 94 valence electrons. The van der Waals surface area contributed by atoms with Crippen molar-refractivity contribution in [2.75, 3.05) is 0 Å². The van der Waals surface area contributed by atoms with Crippen LogP contribution in [0.2, 0.25) is 0 Å². The van der Waals surface area contributed by atoms with E-state index in [1.165, 1.54) is 12.2 Å². The molecule has 4 heteroatoms. The van der Waals surface area contributed by atoms with Crippen molar-refractivity contribution in [2.24, 2.45) is 26.7 Å². The van der Waals surface area contributed by atoms with E-state index in [0.29, 0.717) is 11.3 Å². The highest BCUT2D eigenvalue weighted by Crippen LogP contribution is 2.51. The molecule has 1 aliphatic rings. The monoisotopic (exact) mass is 236 g/mol. The largest absolute Gasteiger partial charge is 0.237 e. The van der Waals surface area contributed by atoms with E-state index < -0.39 is 6.17 Å². The average molecular weight is 236 g/mol. The number of isocyanates is 2. The van der Waals surface area contributed by atoms with Crippen LogP contribution < -0.4 is 0 Å². The molecule has 0 aromatic carbocycles. The first-order valence-electron chi connectivity index (χ1n) is 6.00. The lowest BCUT2D eigenvalue weighted by Gasteiger charge is -2.47. The Balaban J connectivity index is 3.00. The van der Waals surface area contributed by atoms with E-state index in [4.69, 9.17) is 0 Å². The maximum atomic E-state index is 10.4. The quantitative estimate of drug-likeness (QED) is 0.559. The van der Waals surface area contributed by atoms with E-state index in [9.17, 15) is 9.59 Å². The molecule has 0 saturated heterocycles. The SMILES string of the molecule is CC1CC(C)(C)CCC1(C)C(N=C=O)N=C=O. The Hall–Kier alpha value is -1.24. The standard InChI is InChI=1S/C13H20N2O2/c1-10-7-12(2,3)5-6-13(10,4)11(14-8-16)15-9-17/h10-11H,5-7H2,1-4H3. The second kappa shape index (κ2) is 4.95. The molecule has 2 unspecified atom stereocenters. The Kier molecular flexibility index (Phi) is 4.03. The number of hydrogen-bond acceptors (Lipinski definition) is 4. The molecule has 0 aliphatic heterocycles. The fourth-order valence-electron chi connectivity index (χ4n) is 2.83. The summed E-state index contributed by atoms with van der Waals surface area (Å²) in [6, 6.07) is 0. The van der Waals surface area contributed by atoms with Gasteiger partial charge in [-0.1, -0.05) is 27.7 Å². The molecule has 0 amide bonds. The molecule has 0 aromatic rings. The third-order valence-electron chi connectivity index (χ3n) is 4.26. The van der Waals surface area contributed by atoms with E-state index in [-0.39, 0.29) is 5.41 Å². The molecule has 0 N–H and O–H groups in total. The third kappa shape index (κ3) is 2.91. The van der Waals surface area contributed by atoms with Crippen LogP contribution in [0.15, 0.2) is 9.98 Å². The predicted octanol–water partition coefficient (Wildman–Crippen LogP) is 2.84. The zero-order chi connectivity index (χ0) is 13.1. The van der Waals surface area contributed by atoms with Gasteiger partial charge in [-0.05, 0) is 30.6 Å². The van der Waals surface area contributed by atoms with Crippen molar-refractivity contribution in [3.05, 3.63) is 0 Å². The van der Waals surface area contributed by atoms with E-state index in [1.54, 1.807) is 0 Å². The summed E-state index contributed by atoms with van der Waals surface area (Å²) >= 11 is 0. The number of rotatable bonds is 3. The summed E-state index contributed by atoms with van der Waals surface area (Å²) in [7, 11) is 0. The molecule has 0 spiro atoms. The molecule has 17 heavy (non-hydrogen) atoms. The molecule has 0 heterocycles. The van der Waals surface area contributed by atoms with Crippen molar-refractivity contribution in [1.82, 2.24) is 0 Å². The zero-order valence-corrected chi connectivity index (χ0v) is 11.0. The number of carbonyl (C=O) groups excluding carboxylic acids is 2. The van der Waals surface area contributed by atoms with Gasteiger partial charge < -0.3 is 0 Å². The molecule has 4 nitrogen and oxygen atoms in total. The molecular formula is C13H20N2O2. The molecule has 0 aromatic heterocycles. The molecule has 1 aliphatic carbocycles. The molecule has 2 atom stereocenters. The maximum Gasteiger partial charge on any atom is 0.237 e. The summed E-state index contributed by atoms with van der Waals surface area (Å²) < 4.78 is 0. The summed E-state index contributed by atoms with van der Waals surface area (Å²) in [6.45, 7) is 8.65. The van der Waals surface area contributed by atoms with Crippen LogP contribution in [0.1, 0.15) is 47.0 Å². The van der Waals surface area contributed by atoms with Gasteiger partial charge in [-0.25, -0.2) is 9.59 Å². The zero-order valence-electron chi connectivity index (χ0n) is 11.0. The van der Waals surface area contributed by atoms with Gasteiger partial charge in [0, 0.05) is 5.41 Å². The summed E-state index contributed by atoms with van der Waals surface area (Å²) in [5, 5.41) is 0. The highest BCUT2D eigenvalue weighted by atomic mass is 16.1. The van der Waals surface area contributed by atoms with E-state index in [2.05, 4.69) is 30.8 Å². The van der Waals surface area contributed by atoms with Crippen molar-refractivity contribution in [3.8, 4) is 0 Å². The van der Waals surface area contributed by atoms with Gasteiger partial charge in [0.05, 0.1) is 0 Å². The normalized spacial score (nSPS) is 33.1. The second-order valence-corrected chi connectivity index (χ2v) is 6.09. The van der Waals surface area contributed by atoms with Gasteiger partial charge in [0.15, 0.2) is 6.17 Å². The summed E-state index contributed by atoms with van der Waals surface area (Å²) in [5.41, 5.74) is 0.0591. The Labute approximate surface area is 102 Å². The Morgan fingerprint density at radius 3 is 2.06 bits per heavy atom. The van der Waals surface area contributed by atoms with Gasteiger partial charge in [-0.15, -0.1) is 0 Å². The second-order valence-electron chi connectivity index (χ2n) is 6.09. The Morgan fingerprint density at radius 2 is 1.65 bits per heavy atom. The first-order valence-corrected chi connectivity index (χ1v) is 6.00. The maximum absolute atomic E-state index is 10.4. The topological polar surface area (TPSA) is 58.9 Å². The van der Waals surface area contributed by atoms with Crippen LogP contribution in [-0.4, -0.2) is 18.3 Å². The molecular weight excluding hydrogens is 216 g/mol. The van der Waals surface area contributed by atoms with Crippen LogP contribution in [0.4, 0.5) is 0 Å². The molecule has 0 bridgehead atoms. The Bertz CT molecular complexity index is 361. The molecule has 1 rings (SSSR count). The lowest BCUT2D eigenvalue weighted by Crippen LogP contribution is -2.42. The van der Waals surface area contributed by atoms with E-state index >= 15 is 0 Å². The van der Waals surface area contributed by atoms with Crippen LogP contribution in [-0.2, 0) is 9.59 Å². The number of hydrogen-bond donors (Lipinski definition) is 0. The van der Waals surface area contributed by atoms with Crippen LogP contribution in [0.25, 0.3) is 0 Å². The van der Waals surface area contributed by atoms with Crippen LogP contribution in [0.3, 0.4) is 0 Å². The van der Waals surface area contributed by atoms with Crippen LogP contribution in [0.5, 0.6) is 0 Å². The summed E-state index contributed by atoms with van der Waals surface area (Å²) in [5.74, 6) is 0.352. The van der Waals surface area contributed by atoms with Crippen molar-refractivity contribution in [2.45, 2.75) is 53.1 Å². The fourth-order valence-corrected chi connectivity index (χ4v) is 2.83. The van der Waals surface area contributed by atoms with Gasteiger partial charge in [-0.2, -0.15) is 9.98 Å². The minimum Gasteiger partial charge on any atom is -0.211 e. The minimum atomic E-state index is -0.636. The van der Waals surface area contributed by atoms with Crippen molar-refractivity contribution >= 4 is 12.2 Å². The van der Waals surface area contributed by atoms with Crippen molar-refractivity contribution < 1.29 is 9.59 Å². The molecule has 1 saturated carbocycles. The lowest BCUT2D eigenvalue weighted by molar-refractivity contribution is 0.0328. The van der Waals surface area contributed by atoms with Gasteiger partial charge in [0.1, 0.15) is 0 Å². The van der Waals surface area contributed by atoms with E-state index in [0.717, 1.165) is 19.3 Å². The Morgan fingerprint density at radius 1 is 1.12 bits per heavy atom.